The van der Waals surface area contributed by atoms with E-state index >= 15 is 0 Å². The Morgan fingerprint density at radius 2 is 1.89 bits per heavy atom. The molecule has 3 nitrogen and oxygen atoms in total. The fourth-order valence-electron chi connectivity index (χ4n) is 1.84. The molecule has 0 bridgehead atoms. The number of hydrogen-bond acceptors (Lipinski definition) is 3. The van der Waals surface area contributed by atoms with Crippen molar-refractivity contribution in [1.82, 2.24) is 0 Å². The van der Waals surface area contributed by atoms with E-state index in [0.29, 0.717) is 5.69 Å². The number of ether oxygens (including phenoxy) is 1. The molecule has 0 amide bonds. The third-order valence-electron chi connectivity index (χ3n) is 2.82. The van der Waals surface area contributed by atoms with E-state index in [1.807, 2.05) is 12.1 Å². The monoisotopic (exact) mass is 260 g/mol. The largest absolute Gasteiger partial charge is 0.497 e. The SMILES string of the molecule is COc1cc(N)cc(NCCc2ccc(F)cc2)c1. The van der Waals surface area contributed by atoms with Crippen LogP contribution < -0.4 is 15.8 Å². The van der Waals surface area contributed by atoms with Crippen molar-refractivity contribution in [1.29, 1.82) is 0 Å². The molecule has 0 spiro atoms. The van der Waals surface area contributed by atoms with E-state index in [-0.39, 0.29) is 5.82 Å². The number of hydrogen-bond donors (Lipinski definition) is 2. The van der Waals surface area contributed by atoms with Gasteiger partial charge in [-0.25, -0.2) is 4.39 Å². The molecule has 0 radical (unpaired) electrons. The first-order chi connectivity index (χ1) is 9.17. The summed E-state index contributed by atoms with van der Waals surface area (Å²) in [5, 5.41) is 3.27. The average Bonchev–Trinajstić information content (AvgIpc) is 2.40. The molecule has 2 aromatic rings. The number of methoxy groups -OCH3 is 1. The highest BCUT2D eigenvalue weighted by atomic mass is 19.1. The molecule has 0 heterocycles. The van der Waals surface area contributed by atoms with E-state index in [4.69, 9.17) is 10.5 Å². The first kappa shape index (κ1) is 13.2. The van der Waals surface area contributed by atoms with Gasteiger partial charge in [-0.1, -0.05) is 12.1 Å². The van der Waals surface area contributed by atoms with Crippen molar-refractivity contribution < 1.29 is 9.13 Å². The van der Waals surface area contributed by atoms with Gasteiger partial charge in [-0.3, -0.25) is 0 Å². The molecule has 19 heavy (non-hydrogen) atoms. The van der Waals surface area contributed by atoms with Crippen molar-refractivity contribution in [2.45, 2.75) is 6.42 Å². The van der Waals surface area contributed by atoms with Gasteiger partial charge in [0, 0.05) is 30.1 Å². The van der Waals surface area contributed by atoms with Crippen molar-refractivity contribution >= 4 is 11.4 Å². The second kappa shape index (κ2) is 6.09. The normalized spacial score (nSPS) is 10.2. The van der Waals surface area contributed by atoms with E-state index in [2.05, 4.69) is 5.32 Å². The number of anilines is 2. The van der Waals surface area contributed by atoms with Gasteiger partial charge in [0.15, 0.2) is 0 Å². The molecule has 0 atom stereocenters. The molecule has 4 heteroatoms. The standard InChI is InChI=1S/C15H17FN2O/c1-19-15-9-13(17)8-14(10-15)18-7-6-11-2-4-12(16)5-3-11/h2-5,8-10,18H,6-7,17H2,1H3. The molecule has 0 unspecified atom stereocenters. The summed E-state index contributed by atoms with van der Waals surface area (Å²) in [6.07, 6.45) is 0.817. The Bertz CT molecular complexity index is 540. The molecular weight excluding hydrogens is 243 g/mol. The number of nitrogens with one attached hydrogen (secondary N) is 1. The van der Waals surface area contributed by atoms with Crippen LogP contribution in [0.2, 0.25) is 0 Å². The fourth-order valence-corrected chi connectivity index (χ4v) is 1.84. The van der Waals surface area contributed by atoms with Crippen LogP contribution in [0.25, 0.3) is 0 Å². The number of nitrogens with two attached hydrogens (primary N) is 1. The van der Waals surface area contributed by atoms with E-state index in [9.17, 15) is 4.39 Å². The van der Waals surface area contributed by atoms with Crippen LogP contribution in [0.4, 0.5) is 15.8 Å². The van der Waals surface area contributed by atoms with Crippen molar-refractivity contribution in [2.24, 2.45) is 0 Å². The lowest BCUT2D eigenvalue weighted by Gasteiger charge is -2.09. The van der Waals surface area contributed by atoms with Crippen LogP contribution in [0.1, 0.15) is 5.56 Å². The van der Waals surface area contributed by atoms with Crippen molar-refractivity contribution in [3.63, 3.8) is 0 Å². The molecule has 0 saturated heterocycles. The number of nitrogen functional groups attached to an aromatic ring is 1. The van der Waals surface area contributed by atoms with Crippen molar-refractivity contribution in [3.05, 3.63) is 53.8 Å². The molecule has 0 aliphatic rings. The summed E-state index contributed by atoms with van der Waals surface area (Å²) in [7, 11) is 1.61. The fraction of sp³-hybridized carbons (Fsp3) is 0.200. The summed E-state index contributed by atoms with van der Waals surface area (Å²) < 4.78 is 17.9. The van der Waals surface area contributed by atoms with Crippen molar-refractivity contribution in [2.75, 3.05) is 24.7 Å². The summed E-state index contributed by atoms with van der Waals surface area (Å²) in [6, 6.07) is 12.0. The van der Waals surface area contributed by atoms with Gasteiger partial charge in [0.25, 0.3) is 0 Å². The van der Waals surface area contributed by atoms with Gasteiger partial charge in [0.1, 0.15) is 11.6 Å². The zero-order valence-electron chi connectivity index (χ0n) is 10.8. The topological polar surface area (TPSA) is 47.3 Å². The average molecular weight is 260 g/mol. The van der Waals surface area contributed by atoms with Gasteiger partial charge >= 0.3 is 0 Å². The lowest BCUT2D eigenvalue weighted by atomic mass is 10.1. The second-order valence-electron chi connectivity index (χ2n) is 4.30. The third-order valence-corrected chi connectivity index (χ3v) is 2.82. The van der Waals surface area contributed by atoms with Gasteiger partial charge in [-0.05, 0) is 30.2 Å². The molecule has 2 aromatic carbocycles. The van der Waals surface area contributed by atoms with Gasteiger partial charge in [-0.2, -0.15) is 0 Å². The summed E-state index contributed by atoms with van der Waals surface area (Å²) in [4.78, 5) is 0. The Hall–Kier alpha value is -2.23. The predicted octanol–water partition coefficient (Wildman–Crippen LogP) is 3.07. The molecule has 2 rings (SSSR count). The quantitative estimate of drug-likeness (QED) is 0.812. The highest BCUT2D eigenvalue weighted by Gasteiger charge is 1.99. The molecule has 0 fully saturated rings. The number of halogens is 1. The first-order valence-corrected chi connectivity index (χ1v) is 6.10. The van der Waals surface area contributed by atoms with Crippen molar-refractivity contribution in [3.8, 4) is 5.75 Å². The van der Waals surface area contributed by atoms with Crippen LogP contribution in [0.15, 0.2) is 42.5 Å². The Labute approximate surface area is 112 Å². The maximum Gasteiger partial charge on any atom is 0.123 e. The minimum absolute atomic E-state index is 0.211. The zero-order valence-corrected chi connectivity index (χ0v) is 10.8. The van der Waals surface area contributed by atoms with Gasteiger partial charge in [0.2, 0.25) is 0 Å². The van der Waals surface area contributed by atoms with Gasteiger partial charge < -0.3 is 15.8 Å². The smallest absolute Gasteiger partial charge is 0.123 e. The van der Waals surface area contributed by atoms with E-state index < -0.39 is 0 Å². The molecule has 0 saturated carbocycles. The van der Waals surface area contributed by atoms with E-state index in [0.717, 1.165) is 30.0 Å². The van der Waals surface area contributed by atoms with E-state index in [1.165, 1.54) is 12.1 Å². The second-order valence-corrected chi connectivity index (χ2v) is 4.30. The van der Waals surface area contributed by atoms with Gasteiger partial charge in [-0.15, -0.1) is 0 Å². The minimum atomic E-state index is -0.211. The summed E-state index contributed by atoms with van der Waals surface area (Å²) in [6.45, 7) is 0.748. The van der Waals surface area contributed by atoms with E-state index in [1.54, 1.807) is 25.3 Å². The number of rotatable bonds is 5. The minimum Gasteiger partial charge on any atom is -0.497 e. The highest BCUT2D eigenvalue weighted by molar-refractivity contribution is 5.59. The maximum atomic E-state index is 12.8. The summed E-state index contributed by atoms with van der Waals surface area (Å²) >= 11 is 0. The molecule has 100 valence electrons. The Morgan fingerprint density at radius 3 is 2.58 bits per heavy atom. The zero-order chi connectivity index (χ0) is 13.7. The summed E-state index contributed by atoms with van der Waals surface area (Å²) in [5.74, 6) is 0.515. The molecule has 0 aliphatic heterocycles. The number of benzene rings is 2. The molecule has 3 N–H and O–H groups in total. The van der Waals surface area contributed by atoms with Crippen LogP contribution in [-0.2, 0) is 6.42 Å². The molecular formula is C15H17FN2O. The lowest BCUT2D eigenvalue weighted by Crippen LogP contribution is -2.05. The van der Waals surface area contributed by atoms with Crippen LogP contribution >= 0.6 is 0 Å². The van der Waals surface area contributed by atoms with Gasteiger partial charge in [0.05, 0.1) is 7.11 Å². The lowest BCUT2D eigenvalue weighted by molar-refractivity contribution is 0.415. The Morgan fingerprint density at radius 1 is 1.16 bits per heavy atom. The third kappa shape index (κ3) is 3.88. The van der Waals surface area contributed by atoms with Crippen LogP contribution in [-0.4, -0.2) is 13.7 Å². The highest BCUT2D eigenvalue weighted by Crippen LogP contribution is 2.22. The Balaban J connectivity index is 1.92. The summed E-state index contributed by atoms with van der Waals surface area (Å²) in [5.41, 5.74) is 8.43. The maximum absolute atomic E-state index is 12.8. The van der Waals surface area contributed by atoms with Crippen LogP contribution in [0.5, 0.6) is 5.75 Å². The Kier molecular flexibility index (Phi) is 4.23. The van der Waals surface area contributed by atoms with Crippen LogP contribution in [0.3, 0.4) is 0 Å². The van der Waals surface area contributed by atoms with Crippen LogP contribution in [0, 0.1) is 5.82 Å². The molecule has 0 aromatic heterocycles. The molecule has 0 aliphatic carbocycles. The predicted molar refractivity (Wildman–Crippen MR) is 76.0 cm³/mol. The first-order valence-electron chi connectivity index (χ1n) is 6.10.